The molecular formula is C25H28F3N5O3S. The number of alkyl halides is 2. The average molecular weight is 536 g/mol. The van der Waals surface area contributed by atoms with Crippen LogP contribution in [0.1, 0.15) is 36.3 Å². The first-order valence-corrected chi connectivity index (χ1v) is 12.6. The molecule has 0 aliphatic carbocycles. The Labute approximate surface area is 215 Å². The molecule has 8 nitrogen and oxygen atoms in total. The smallest absolute Gasteiger partial charge is 0.352 e. The van der Waals surface area contributed by atoms with Crippen molar-refractivity contribution in [3.8, 4) is 5.75 Å². The van der Waals surface area contributed by atoms with Gasteiger partial charge in [0.15, 0.2) is 5.65 Å². The zero-order valence-corrected chi connectivity index (χ0v) is 20.4. The summed E-state index contributed by atoms with van der Waals surface area (Å²) in [5, 5.41) is 4.19. The van der Waals surface area contributed by atoms with E-state index in [-0.39, 0.29) is 36.1 Å². The maximum absolute atomic E-state index is 15.7. The fourth-order valence-corrected chi connectivity index (χ4v) is 6.63. The molecule has 0 saturated carbocycles. The van der Waals surface area contributed by atoms with E-state index in [4.69, 9.17) is 9.47 Å². The summed E-state index contributed by atoms with van der Waals surface area (Å²) in [5.74, 6) is -3.04. The van der Waals surface area contributed by atoms with Crippen LogP contribution in [-0.2, 0) is 23.7 Å². The summed E-state index contributed by atoms with van der Waals surface area (Å²) in [6.07, 6.45) is 2.89. The van der Waals surface area contributed by atoms with Crippen LogP contribution in [0.25, 0.3) is 15.9 Å². The van der Waals surface area contributed by atoms with E-state index in [9.17, 15) is 9.18 Å². The summed E-state index contributed by atoms with van der Waals surface area (Å²) >= 11 is 1.15. The van der Waals surface area contributed by atoms with Gasteiger partial charge < -0.3 is 9.47 Å². The van der Waals surface area contributed by atoms with Crippen molar-refractivity contribution in [1.82, 2.24) is 24.1 Å². The molecular weight excluding hydrogens is 507 g/mol. The molecule has 1 fully saturated rings. The molecule has 1 aromatic carbocycles. The number of halogens is 3. The predicted octanol–water partition coefficient (Wildman–Crippen LogP) is 4.27. The lowest BCUT2D eigenvalue weighted by molar-refractivity contribution is -0.0571. The molecule has 6 rings (SSSR count). The zero-order chi connectivity index (χ0) is 25.0. The first-order chi connectivity index (χ1) is 17.4. The number of fused-ring (bicyclic) bond motifs is 5. The fraction of sp³-hybridized carbons (Fsp3) is 0.480. The second-order valence-electron chi connectivity index (χ2n) is 9.33. The van der Waals surface area contributed by atoms with Crippen LogP contribution in [0.4, 0.5) is 13.2 Å². The molecule has 12 heteroatoms. The lowest BCUT2D eigenvalue weighted by Crippen LogP contribution is -2.42. The highest BCUT2D eigenvalue weighted by Crippen LogP contribution is 2.46. The summed E-state index contributed by atoms with van der Waals surface area (Å²) in [6, 6.07) is 4.35. The number of thiophene rings is 1. The van der Waals surface area contributed by atoms with Crippen LogP contribution < -0.4 is 10.4 Å². The number of rotatable bonds is 5. The minimum atomic E-state index is -3.14. The second-order valence-corrected chi connectivity index (χ2v) is 10.4. The number of aromatic nitrogens is 4. The Bertz CT molecular complexity index is 1510. The van der Waals surface area contributed by atoms with Gasteiger partial charge in [-0.15, -0.1) is 11.3 Å². The Balaban J connectivity index is 0.00000280. The summed E-state index contributed by atoms with van der Waals surface area (Å²) in [7, 11) is 1.43. The number of methoxy groups -OCH3 is 1. The molecule has 2 aliphatic rings. The maximum Gasteiger partial charge on any atom is 0.352 e. The minimum absolute atomic E-state index is 0. The van der Waals surface area contributed by atoms with Gasteiger partial charge in [-0.25, -0.2) is 14.2 Å². The van der Waals surface area contributed by atoms with Gasteiger partial charge in [0.1, 0.15) is 22.7 Å². The van der Waals surface area contributed by atoms with E-state index in [1.807, 2.05) is 0 Å². The molecule has 0 atom stereocenters. The quantitative estimate of drug-likeness (QED) is 0.380. The molecule has 0 N–H and O–H groups in total. The van der Waals surface area contributed by atoms with Crippen molar-refractivity contribution in [2.24, 2.45) is 5.92 Å². The van der Waals surface area contributed by atoms with Gasteiger partial charge in [0.05, 0.1) is 31.1 Å². The van der Waals surface area contributed by atoms with Gasteiger partial charge >= 0.3 is 5.69 Å². The molecule has 1 saturated heterocycles. The van der Waals surface area contributed by atoms with Gasteiger partial charge in [0.25, 0.3) is 5.92 Å². The van der Waals surface area contributed by atoms with E-state index >= 15 is 8.78 Å². The van der Waals surface area contributed by atoms with E-state index in [0.29, 0.717) is 47.7 Å². The van der Waals surface area contributed by atoms with Crippen LogP contribution in [0.3, 0.4) is 0 Å². The Morgan fingerprint density at radius 3 is 2.78 bits per heavy atom. The maximum atomic E-state index is 15.7. The predicted molar refractivity (Wildman–Crippen MR) is 134 cm³/mol. The summed E-state index contributed by atoms with van der Waals surface area (Å²) in [4.78, 5) is 20.1. The number of nitrogens with zero attached hydrogens (tertiary/aromatic N) is 5. The largest absolute Gasteiger partial charge is 0.497 e. The lowest BCUT2D eigenvalue weighted by atomic mass is 9.96. The molecule has 0 unspecified atom stereocenters. The number of benzene rings is 1. The highest BCUT2D eigenvalue weighted by molar-refractivity contribution is 7.19. The molecule has 5 heterocycles. The number of hydrogen-bond acceptors (Lipinski definition) is 7. The Morgan fingerprint density at radius 2 is 2.05 bits per heavy atom. The molecule has 0 bridgehead atoms. The summed E-state index contributed by atoms with van der Waals surface area (Å²) < 4.78 is 59.0. The van der Waals surface area contributed by atoms with Crippen molar-refractivity contribution >= 4 is 27.2 Å². The third kappa shape index (κ3) is 4.40. The van der Waals surface area contributed by atoms with Crippen molar-refractivity contribution in [2.75, 3.05) is 33.4 Å². The van der Waals surface area contributed by atoms with E-state index in [0.717, 1.165) is 28.7 Å². The van der Waals surface area contributed by atoms with Crippen LogP contribution in [0.15, 0.2) is 29.3 Å². The van der Waals surface area contributed by atoms with Crippen LogP contribution in [0.5, 0.6) is 5.75 Å². The van der Waals surface area contributed by atoms with Crippen LogP contribution in [0, 0.1) is 11.7 Å². The highest BCUT2D eigenvalue weighted by Gasteiger charge is 2.45. The molecule has 2 aliphatic heterocycles. The van der Waals surface area contributed by atoms with Crippen LogP contribution >= 0.6 is 11.3 Å². The summed E-state index contributed by atoms with van der Waals surface area (Å²) in [6.45, 7) is 1.68. The molecule has 0 spiro atoms. The molecule has 37 heavy (non-hydrogen) atoms. The Kier molecular flexibility index (Phi) is 6.75. The van der Waals surface area contributed by atoms with E-state index in [1.54, 1.807) is 11.0 Å². The van der Waals surface area contributed by atoms with Gasteiger partial charge in [-0.3, -0.25) is 9.47 Å². The third-order valence-electron chi connectivity index (χ3n) is 6.99. The number of hydrogen-bond donors (Lipinski definition) is 0. The van der Waals surface area contributed by atoms with E-state index < -0.39 is 24.0 Å². The van der Waals surface area contributed by atoms with Gasteiger partial charge in [0, 0.05) is 42.8 Å². The summed E-state index contributed by atoms with van der Waals surface area (Å²) in [5.41, 5.74) is -0.340. The fourth-order valence-electron chi connectivity index (χ4n) is 5.25. The van der Waals surface area contributed by atoms with Crippen molar-refractivity contribution in [2.45, 2.75) is 39.3 Å². The molecule has 4 aromatic rings. The monoisotopic (exact) mass is 535 g/mol. The van der Waals surface area contributed by atoms with Crippen LogP contribution in [-0.4, -0.2) is 57.5 Å². The molecule has 0 radical (unpaired) electrons. The normalized spacial score (nSPS) is 18.2. The van der Waals surface area contributed by atoms with Gasteiger partial charge in [-0.2, -0.15) is 18.4 Å². The van der Waals surface area contributed by atoms with Crippen molar-refractivity contribution in [3.05, 3.63) is 56.8 Å². The first kappa shape index (κ1) is 25.7. The standard InChI is InChI=1S/C24H24F3N5O3S.CH4/c1-34-16-3-2-15(17(25)8-16)10-31-22-19(21-28-13-29-32(21)23(31)33)20-18(36-22)11-30(12-24(20,26)27)9-14-4-6-35-7-5-14;/h2-3,8,13-14H,4-7,9-12H2,1H3;1H4. The van der Waals surface area contributed by atoms with Crippen LogP contribution in [0.2, 0.25) is 0 Å². The van der Waals surface area contributed by atoms with Gasteiger partial charge in [0.2, 0.25) is 0 Å². The molecule has 3 aromatic heterocycles. The highest BCUT2D eigenvalue weighted by atomic mass is 32.1. The SMILES string of the molecule is C.COc1ccc(Cn2c(=O)n3ncnc3c3c4c(sc32)CN(CC2CCOCC2)CC4(F)F)c(F)c1. The zero-order valence-electron chi connectivity index (χ0n) is 19.5. The Hall–Kier alpha value is -2.96. The first-order valence-electron chi connectivity index (χ1n) is 11.7. The van der Waals surface area contributed by atoms with Crippen molar-refractivity contribution in [1.29, 1.82) is 0 Å². The van der Waals surface area contributed by atoms with Crippen molar-refractivity contribution < 1.29 is 22.6 Å². The van der Waals surface area contributed by atoms with Gasteiger partial charge in [-0.1, -0.05) is 13.5 Å². The number of ether oxygens (including phenoxy) is 2. The lowest BCUT2D eigenvalue weighted by Gasteiger charge is -2.35. The van der Waals surface area contributed by atoms with Gasteiger partial charge in [-0.05, 0) is 24.8 Å². The third-order valence-corrected chi connectivity index (χ3v) is 8.19. The topological polar surface area (TPSA) is 73.9 Å². The average Bonchev–Trinajstić information content (AvgIpc) is 3.48. The Morgan fingerprint density at radius 1 is 1.27 bits per heavy atom. The van der Waals surface area contributed by atoms with E-state index in [2.05, 4.69) is 10.1 Å². The van der Waals surface area contributed by atoms with E-state index in [1.165, 1.54) is 30.1 Å². The van der Waals surface area contributed by atoms with Crippen molar-refractivity contribution in [3.63, 3.8) is 0 Å². The second kappa shape index (κ2) is 9.73. The molecule has 0 amide bonds. The molecule has 198 valence electrons. The minimum Gasteiger partial charge on any atom is -0.497 e.